The predicted molar refractivity (Wildman–Crippen MR) is 83.9 cm³/mol. The van der Waals surface area contributed by atoms with Gasteiger partial charge in [-0.3, -0.25) is 0 Å². The van der Waals surface area contributed by atoms with Gasteiger partial charge in [-0.25, -0.2) is 0 Å². The highest BCUT2D eigenvalue weighted by molar-refractivity contribution is 9.10. The molecule has 0 radical (unpaired) electrons. The van der Waals surface area contributed by atoms with Crippen LogP contribution in [0.2, 0.25) is 0 Å². The molecule has 1 unspecified atom stereocenters. The molecule has 0 aromatic heterocycles. The zero-order valence-corrected chi connectivity index (χ0v) is 13.6. The van der Waals surface area contributed by atoms with Crippen LogP contribution in [0.15, 0.2) is 22.7 Å². The van der Waals surface area contributed by atoms with Crippen LogP contribution in [0.1, 0.15) is 44.6 Å². The van der Waals surface area contributed by atoms with E-state index >= 15 is 0 Å². The lowest BCUT2D eigenvalue weighted by atomic mass is 9.84. The summed E-state index contributed by atoms with van der Waals surface area (Å²) in [7, 11) is 1.73. The minimum atomic E-state index is 0.255. The third-order valence-electron chi connectivity index (χ3n) is 4.29. The topological polar surface area (TPSA) is 21.3 Å². The van der Waals surface area contributed by atoms with Crippen LogP contribution in [-0.2, 0) is 6.42 Å². The molecule has 0 aliphatic carbocycles. The van der Waals surface area contributed by atoms with Gasteiger partial charge in [-0.15, -0.1) is 0 Å². The lowest BCUT2D eigenvalue weighted by molar-refractivity contribution is 0.301. The molecule has 0 amide bonds. The molecule has 1 fully saturated rings. The Morgan fingerprint density at radius 2 is 2.16 bits per heavy atom. The standard InChI is InChI=1S/C16H24BrNO/c1-3-16(9-5-4-6-10-18-16)12-13-11-14(19-2)7-8-15(13)17/h7-8,11,18H,3-6,9-10,12H2,1-2H3. The van der Waals surface area contributed by atoms with E-state index in [9.17, 15) is 0 Å². The molecule has 2 rings (SSSR count). The second-order valence-corrected chi connectivity index (χ2v) is 6.36. The highest BCUT2D eigenvalue weighted by Crippen LogP contribution is 2.31. The fourth-order valence-corrected chi connectivity index (χ4v) is 3.35. The summed E-state index contributed by atoms with van der Waals surface area (Å²) in [5, 5.41) is 3.80. The van der Waals surface area contributed by atoms with Crippen LogP contribution in [0.5, 0.6) is 5.75 Å². The van der Waals surface area contributed by atoms with E-state index in [1.165, 1.54) is 42.1 Å². The van der Waals surface area contributed by atoms with Crippen molar-refractivity contribution in [3.05, 3.63) is 28.2 Å². The van der Waals surface area contributed by atoms with Crippen LogP contribution >= 0.6 is 15.9 Å². The molecule has 1 aromatic rings. The Bertz CT molecular complexity index is 411. The first-order valence-electron chi connectivity index (χ1n) is 7.26. The zero-order chi connectivity index (χ0) is 13.7. The molecule has 0 bridgehead atoms. The first-order valence-corrected chi connectivity index (χ1v) is 8.06. The zero-order valence-electron chi connectivity index (χ0n) is 12.0. The smallest absolute Gasteiger partial charge is 0.119 e. The van der Waals surface area contributed by atoms with Gasteiger partial charge in [0.05, 0.1) is 7.11 Å². The fraction of sp³-hybridized carbons (Fsp3) is 0.625. The van der Waals surface area contributed by atoms with Crippen LogP contribution in [-0.4, -0.2) is 19.2 Å². The average molecular weight is 326 g/mol. The molecule has 3 heteroatoms. The van der Waals surface area contributed by atoms with E-state index in [-0.39, 0.29) is 5.54 Å². The third kappa shape index (κ3) is 3.73. The minimum Gasteiger partial charge on any atom is -0.497 e. The first-order chi connectivity index (χ1) is 9.19. The lowest BCUT2D eigenvalue weighted by Crippen LogP contribution is -2.46. The molecular formula is C16H24BrNO. The number of ether oxygens (including phenoxy) is 1. The molecule has 19 heavy (non-hydrogen) atoms. The van der Waals surface area contributed by atoms with Crippen molar-refractivity contribution in [3.63, 3.8) is 0 Å². The van der Waals surface area contributed by atoms with E-state index in [0.29, 0.717) is 0 Å². The predicted octanol–water partition coefficient (Wildman–Crippen LogP) is 4.31. The summed E-state index contributed by atoms with van der Waals surface area (Å²) < 4.78 is 6.54. The molecule has 1 aliphatic rings. The van der Waals surface area contributed by atoms with Crippen LogP contribution in [0.4, 0.5) is 0 Å². The molecule has 1 heterocycles. The van der Waals surface area contributed by atoms with Gasteiger partial charge in [-0.05, 0) is 56.0 Å². The van der Waals surface area contributed by atoms with Crippen molar-refractivity contribution in [2.75, 3.05) is 13.7 Å². The summed E-state index contributed by atoms with van der Waals surface area (Å²) in [5.74, 6) is 0.943. The molecular weight excluding hydrogens is 302 g/mol. The van der Waals surface area contributed by atoms with E-state index in [1.54, 1.807) is 7.11 Å². The Kier molecular flexibility index (Phi) is 5.28. The van der Waals surface area contributed by atoms with Crippen LogP contribution < -0.4 is 10.1 Å². The maximum Gasteiger partial charge on any atom is 0.119 e. The summed E-state index contributed by atoms with van der Waals surface area (Å²) in [6.45, 7) is 3.45. The molecule has 1 aromatic carbocycles. The average Bonchev–Trinajstić information content (AvgIpc) is 2.67. The number of nitrogens with one attached hydrogen (secondary N) is 1. The number of halogens is 1. The third-order valence-corrected chi connectivity index (χ3v) is 5.06. The second kappa shape index (κ2) is 6.76. The van der Waals surface area contributed by atoms with E-state index in [2.05, 4.69) is 40.3 Å². The molecule has 1 saturated heterocycles. The normalized spacial score (nSPS) is 23.9. The van der Waals surface area contributed by atoms with Gasteiger partial charge in [-0.1, -0.05) is 35.7 Å². The van der Waals surface area contributed by atoms with Crippen molar-refractivity contribution in [1.82, 2.24) is 5.32 Å². The van der Waals surface area contributed by atoms with Crippen molar-refractivity contribution in [1.29, 1.82) is 0 Å². The monoisotopic (exact) mass is 325 g/mol. The van der Waals surface area contributed by atoms with Gasteiger partial charge >= 0.3 is 0 Å². The summed E-state index contributed by atoms with van der Waals surface area (Å²) >= 11 is 3.68. The van der Waals surface area contributed by atoms with Gasteiger partial charge in [0.1, 0.15) is 5.75 Å². The van der Waals surface area contributed by atoms with Crippen molar-refractivity contribution in [3.8, 4) is 5.75 Å². The van der Waals surface area contributed by atoms with Crippen LogP contribution in [0.3, 0.4) is 0 Å². The van der Waals surface area contributed by atoms with E-state index in [0.717, 1.165) is 18.7 Å². The maximum atomic E-state index is 5.35. The SMILES string of the molecule is CCC1(Cc2cc(OC)ccc2Br)CCCCCN1. The summed E-state index contributed by atoms with van der Waals surface area (Å²) in [4.78, 5) is 0. The molecule has 1 aliphatic heterocycles. The van der Waals surface area contributed by atoms with Crippen molar-refractivity contribution in [2.24, 2.45) is 0 Å². The quantitative estimate of drug-likeness (QED) is 0.890. The molecule has 2 nitrogen and oxygen atoms in total. The van der Waals surface area contributed by atoms with Crippen molar-refractivity contribution >= 4 is 15.9 Å². The first kappa shape index (κ1) is 14.9. The van der Waals surface area contributed by atoms with Crippen LogP contribution in [0, 0.1) is 0 Å². The fourth-order valence-electron chi connectivity index (χ4n) is 2.96. The Balaban J connectivity index is 2.21. The maximum absolute atomic E-state index is 5.35. The van der Waals surface area contributed by atoms with E-state index < -0.39 is 0 Å². The number of hydrogen-bond acceptors (Lipinski definition) is 2. The molecule has 106 valence electrons. The van der Waals surface area contributed by atoms with Gasteiger partial charge in [0.25, 0.3) is 0 Å². The van der Waals surface area contributed by atoms with Crippen LogP contribution in [0.25, 0.3) is 0 Å². The Morgan fingerprint density at radius 1 is 1.32 bits per heavy atom. The number of hydrogen-bond donors (Lipinski definition) is 1. The number of rotatable bonds is 4. The van der Waals surface area contributed by atoms with Gasteiger partial charge in [0, 0.05) is 10.0 Å². The summed E-state index contributed by atoms with van der Waals surface area (Å²) in [5.41, 5.74) is 1.60. The molecule has 0 saturated carbocycles. The van der Waals surface area contributed by atoms with Gasteiger partial charge < -0.3 is 10.1 Å². The summed E-state index contributed by atoms with van der Waals surface area (Å²) in [6, 6.07) is 6.26. The molecule has 1 N–H and O–H groups in total. The minimum absolute atomic E-state index is 0.255. The number of methoxy groups -OCH3 is 1. The largest absolute Gasteiger partial charge is 0.497 e. The van der Waals surface area contributed by atoms with Gasteiger partial charge in [0.15, 0.2) is 0 Å². The highest BCUT2D eigenvalue weighted by atomic mass is 79.9. The van der Waals surface area contributed by atoms with Gasteiger partial charge in [0.2, 0.25) is 0 Å². The molecule has 1 atom stereocenters. The van der Waals surface area contributed by atoms with Crippen molar-refractivity contribution < 1.29 is 4.74 Å². The second-order valence-electron chi connectivity index (χ2n) is 5.51. The highest BCUT2D eigenvalue weighted by Gasteiger charge is 2.29. The van der Waals surface area contributed by atoms with E-state index in [4.69, 9.17) is 4.74 Å². The molecule has 0 spiro atoms. The lowest BCUT2D eigenvalue weighted by Gasteiger charge is -2.33. The van der Waals surface area contributed by atoms with Crippen molar-refractivity contribution in [2.45, 2.75) is 51.0 Å². The summed E-state index contributed by atoms with van der Waals surface area (Å²) in [6.07, 6.45) is 7.52. The van der Waals surface area contributed by atoms with Gasteiger partial charge in [-0.2, -0.15) is 0 Å². The Morgan fingerprint density at radius 3 is 2.89 bits per heavy atom. The Labute approximate surface area is 125 Å². The van der Waals surface area contributed by atoms with E-state index in [1.807, 2.05) is 6.07 Å². The number of benzene rings is 1. The Hall–Kier alpha value is -0.540.